The van der Waals surface area contributed by atoms with E-state index in [-0.39, 0.29) is 13.2 Å². The van der Waals surface area contributed by atoms with Gasteiger partial charge < -0.3 is 18.9 Å². The van der Waals surface area contributed by atoms with E-state index in [0.717, 1.165) is 0 Å². The summed E-state index contributed by atoms with van der Waals surface area (Å²) in [5.74, 6) is -1.61. The monoisotopic (exact) mass is 286 g/mol. The molecule has 2 fully saturated rings. The third-order valence-corrected chi connectivity index (χ3v) is 4.01. The summed E-state index contributed by atoms with van der Waals surface area (Å²) in [6, 6.07) is 0. The summed E-state index contributed by atoms with van der Waals surface area (Å²) < 4.78 is 21.4. The van der Waals surface area contributed by atoms with Gasteiger partial charge in [0.2, 0.25) is 0 Å². The predicted octanol–water partition coefficient (Wildman–Crippen LogP) is 1.42. The van der Waals surface area contributed by atoms with Crippen LogP contribution in [0.1, 0.15) is 39.5 Å². The Balaban J connectivity index is 2.13. The van der Waals surface area contributed by atoms with E-state index in [1.807, 2.05) is 0 Å². The maximum atomic E-state index is 12.2. The van der Waals surface area contributed by atoms with E-state index in [9.17, 15) is 9.59 Å². The van der Waals surface area contributed by atoms with Gasteiger partial charge in [0.1, 0.15) is 0 Å². The summed E-state index contributed by atoms with van der Waals surface area (Å²) in [5.41, 5.74) is -1.20. The van der Waals surface area contributed by atoms with Gasteiger partial charge in [0.25, 0.3) is 0 Å². The maximum Gasteiger partial charge on any atom is 0.323 e. The second-order valence-electron chi connectivity index (χ2n) is 5.13. The second kappa shape index (κ2) is 6.10. The molecule has 20 heavy (non-hydrogen) atoms. The molecule has 1 aliphatic heterocycles. The zero-order valence-corrected chi connectivity index (χ0v) is 12.1. The highest BCUT2D eigenvalue weighted by Crippen LogP contribution is 2.46. The van der Waals surface area contributed by atoms with Crippen molar-refractivity contribution in [3.63, 3.8) is 0 Å². The van der Waals surface area contributed by atoms with Crippen molar-refractivity contribution in [2.75, 3.05) is 26.4 Å². The van der Waals surface area contributed by atoms with Crippen LogP contribution in [0.2, 0.25) is 0 Å². The van der Waals surface area contributed by atoms with Crippen molar-refractivity contribution in [3.05, 3.63) is 0 Å². The summed E-state index contributed by atoms with van der Waals surface area (Å²) in [6.07, 6.45) is 1.69. The van der Waals surface area contributed by atoms with Gasteiger partial charge >= 0.3 is 11.9 Å². The SMILES string of the molecule is CCOC(=O)C1(C(=O)OCC)CCC2(CC1)OCCO2. The summed E-state index contributed by atoms with van der Waals surface area (Å²) in [7, 11) is 0. The molecule has 1 spiro atoms. The lowest BCUT2D eigenvalue weighted by atomic mass is 9.71. The Bertz CT molecular complexity index is 342. The Morgan fingerprint density at radius 1 is 0.900 bits per heavy atom. The first-order valence-electron chi connectivity index (χ1n) is 7.21. The van der Waals surface area contributed by atoms with Crippen LogP contribution in [0.4, 0.5) is 0 Å². The lowest BCUT2D eigenvalue weighted by Crippen LogP contribution is -2.49. The molecule has 1 aliphatic carbocycles. The standard InChI is InChI=1S/C14H22O6/c1-3-17-11(15)13(12(16)18-4-2)5-7-14(8-6-13)19-9-10-20-14/h3-10H2,1-2H3. The number of rotatable bonds is 4. The lowest BCUT2D eigenvalue weighted by molar-refractivity contribution is -0.206. The first kappa shape index (κ1) is 15.3. The Morgan fingerprint density at radius 2 is 1.35 bits per heavy atom. The number of esters is 2. The summed E-state index contributed by atoms with van der Waals surface area (Å²) >= 11 is 0. The van der Waals surface area contributed by atoms with E-state index in [2.05, 4.69) is 0 Å². The minimum Gasteiger partial charge on any atom is -0.465 e. The van der Waals surface area contributed by atoms with Gasteiger partial charge in [0.15, 0.2) is 11.2 Å². The van der Waals surface area contributed by atoms with E-state index in [4.69, 9.17) is 18.9 Å². The highest BCUT2D eigenvalue weighted by Gasteiger charge is 2.55. The fourth-order valence-electron chi connectivity index (χ4n) is 2.87. The van der Waals surface area contributed by atoms with Crippen LogP contribution in [-0.4, -0.2) is 44.2 Å². The quantitative estimate of drug-likeness (QED) is 0.575. The molecule has 6 heteroatoms. The van der Waals surface area contributed by atoms with Gasteiger partial charge in [0, 0.05) is 12.8 Å². The molecule has 6 nitrogen and oxygen atoms in total. The van der Waals surface area contributed by atoms with Gasteiger partial charge in [-0.15, -0.1) is 0 Å². The molecule has 0 aromatic rings. The van der Waals surface area contributed by atoms with Crippen molar-refractivity contribution in [1.29, 1.82) is 0 Å². The molecule has 2 aliphatic rings. The fourth-order valence-corrected chi connectivity index (χ4v) is 2.87. The van der Waals surface area contributed by atoms with Crippen LogP contribution in [0.25, 0.3) is 0 Å². The minimum atomic E-state index is -1.20. The van der Waals surface area contributed by atoms with Crippen molar-refractivity contribution < 1.29 is 28.5 Å². The Morgan fingerprint density at radius 3 is 1.75 bits per heavy atom. The van der Waals surface area contributed by atoms with Gasteiger partial charge in [0.05, 0.1) is 26.4 Å². The molecule has 1 heterocycles. The summed E-state index contributed by atoms with van der Waals surface area (Å²) in [6.45, 7) is 5.07. The highest BCUT2D eigenvalue weighted by atomic mass is 16.7. The zero-order valence-electron chi connectivity index (χ0n) is 12.1. The van der Waals surface area contributed by atoms with Gasteiger partial charge in [-0.25, -0.2) is 0 Å². The number of ether oxygens (including phenoxy) is 4. The van der Waals surface area contributed by atoms with Crippen LogP contribution in [0.5, 0.6) is 0 Å². The summed E-state index contributed by atoms with van der Waals surface area (Å²) in [5, 5.41) is 0. The van der Waals surface area contributed by atoms with Gasteiger partial charge in [-0.1, -0.05) is 0 Å². The molecule has 0 aromatic heterocycles. The van der Waals surface area contributed by atoms with E-state index in [1.54, 1.807) is 13.8 Å². The number of hydrogen-bond donors (Lipinski definition) is 0. The third-order valence-electron chi connectivity index (χ3n) is 4.01. The smallest absolute Gasteiger partial charge is 0.323 e. The van der Waals surface area contributed by atoms with Crippen molar-refractivity contribution >= 4 is 11.9 Å². The van der Waals surface area contributed by atoms with Crippen molar-refractivity contribution in [3.8, 4) is 0 Å². The first-order valence-corrected chi connectivity index (χ1v) is 7.21. The number of carbonyl (C=O) groups excluding carboxylic acids is 2. The minimum absolute atomic E-state index is 0.248. The molecule has 1 saturated carbocycles. The Labute approximate surface area is 118 Å². The van der Waals surface area contributed by atoms with Gasteiger partial charge in [-0.3, -0.25) is 9.59 Å². The molecule has 0 atom stereocenters. The molecule has 0 radical (unpaired) electrons. The van der Waals surface area contributed by atoms with E-state index in [1.165, 1.54) is 0 Å². The molecule has 0 aromatic carbocycles. The van der Waals surface area contributed by atoms with Crippen molar-refractivity contribution in [2.45, 2.75) is 45.3 Å². The van der Waals surface area contributed by atoms with Crippen molar-refractivity contribution in [2.24, 2.45) is 5.41 Å². The molecule has 0 amide bonds. The largest absolute Gasteiger partial charge is 0.465 e. The van der Waals surface area contributed by atoms with Crippen LogP contribution < -0.4 is 0 Å². The average molecular weight is 286 g/mol. The zero-order chi connectivity index (χ0) is 14.6. The van der Waals surface area contributed by atoms with Crippen LogP contribution in [0.15, 0.2) is 0 Å². The molecular formula is C14H22O6. The van der Waals surface area contributed by atoms with E-state index >= 15 is 0 Å². The number of hydrogen-bond acceptors (Lipinski definition) is 6. The predicted molar refractivity (Wildman–Crippen MR) is 68.8 cm³/mol. The topological polar surface area (TPSA) is 71.1 Å². The Kier molecular flexibility index (Phi) is 4.65. The second-order valence-corrected chi connectivity index (χ2v) is 5.13. The molecule has 0 N–H and O–H groups in total. The maximum absolute atomic E-state index is 12.2. The van der Waals surface area contributed by atoms with Crippen LogP contribution in [0.3, 0.4) is 0 Å². The molecule has 2 rings (SSSR count). The highest BCUT2D eigenvalue weighted by molar-refractivity contribution is 6.00. The van der Waals surface area contributed by atoms with Crippen LogP contribution in [0, 0.1) is 5.41 Å². The molecule has 0 bridgehead atoms. The van der Waals surface area contributed by atoms with Crippen molar-refractivity contribution in [1.82, 2.24) is 0 Å². The third kappa shape index (κ3) is 2.67. The van der Waals surface area contributed by atoms with Gasteiger partial charge in [-0.05, 0) is 26.7 Å². The number of carbonyl (C=O) groups is 2. The van der Waals surface area contributed by atoms with Crippen LogP contribution >= 0.6 is 0 Å². The molecule has 0 unspecified atom stereocenters. The molecule has 114 valence electrons. The first-order chi connectivity index (χ1) is 9.58. The van der Waals surface area contributed by atoms with Gasteiger partial charge in [-0.2, -0.15) is 0 Å². The van der Waals surface area contributed by atoms with E-state index < -0.39 is 23.1 Å². The summed E-state index contributed by atoms with van der Waals surface area (Å²) in [4.78, 5) is 24.5. The van der Waals surface area contributed by atoms with E-state index in [0.29, 0.717) is 38.9 Å². The molecule has 1 saturated heterocycles. The Hall–Kier alpha value is -1.14. The fraction of sp³-hybridized carbons (Fsp3) is 0.857. The average Bonchev–Trinajstić information content (AvgIpc) is 2.89. The van der Waals surface area contributed by atoms with Crippen LogP contribution in [-0.2, 0) is 28.5 Å². The lowest BCUT2D eigenvalue weighted by Gasteiger charge is -2.40. The molecular weight excluding hydrogens is 264 g/mol. The normalized spacial score (nSPS) is 23.5.